The number of carbonyl (C=O) groups excluding carboxylic acids is 1. The lowest BCUT2D eigenvalue weighted by molar-refractivity contribution is -0.120. The molecule has 1 aliphatic carbocycles. The van der Waals surface area contributed by atoms with E-state index < -0.39 is 0 Å². The van der Waals surface area contributed by atoms with Gasteiger partial charge in [0.05, 0.1) is 0 Å². The first kappa shape index (κ1) is 12.3. The summed E-state index contributed by atoms with van der Waals surface area (Å²) >= 11 is 0. The fourth-order valence-electron chi connectivity index (χ4n) is 2.81. The first-order valence-corrected chi connectivity index (χ1v) is 7.15. The lowest BCUT2D eigenvalue weighted by Gasteiger charge is -2.20. The Morgan fingerprint density at radius 3 is 3.11 bits per heavy atom. The highest BCUT2D eigenvalue weighted by atomic mass is 16.1. The van der Waals surface area contributed by atoms with E-state index in [2.05, 4.69) is 34.9 Å². The van der Waals surface area contributed by atoms with Gasteiger partial charge in [0.15, 0.2) is 0 Å². The van der Waals surface area contributed by atoms with E-state index >= 15 is 0 Å². The molecule has 0 aromatic heterocycles. The molecule has 3 nitrogen and oxygen atoms in total. The molecule has 2 N–H and O–H groups in total. The van der Waals surface area contributed by atoms with E-state index in [0.29, 0.717) is 0 Å². The van der Waals surface area contributed by atoms with E-state index in [-0.39, 0.29) is 11.8 Å². The minimum absolute atomic E-state index is 0.133. The van der Waals surface area contributed by atoms with Crippen molar-refractivity contribution in [2.24, 2.45) is 5.92 Å². The van der Waals surface area contributed by atoms with Gasteiger partial charge in [-0.3, -0.25) is 4.79 Å². The maximum absolute atomic E-state index is 12.2. The number of benzene rings is 1. The largest absolute Gasteiger partial charge is 0.385 e. The number of carbonyl (C=O) groups is 1. The number of amides is 1. The Balaban J connectivity index is 1.69. The first-order chi connectivity index (χ1) is 9.33. The predicted octanol–water partition coefficient (Wildman–Crippen LogP) is 3.34. The summed E-state index contributed by atoms with van der Waals surface area (Å²) in [7, 11) is 0. The van der Waals surface area contributed by atoms with Gasteiger partial charge in [-0.05, 0) is 49.8 Å². The zero-order chi connectivity index (χ0) is 13.1. The second kappa shape index (κ2) is 5.47. The summed E-state index contributed by atoms with van der Waals surface area (Å²) in [6, 6.07) is 6.20. The Morgan fingerprint density at radius 2 is 2.26 bits per heavy atom. The zero-order valence-corrected chi connectivity index (χ0v) is 11.1. The Hall–Kier alpha value is -1.77. The van der Waals surface area contributed by atoms with E-state index in [9.17, 15) is 4.79 Å². The SMILES string of the molecule is O=C(Nc1ccc2c(c1)NCCC2)C1CC=CCC1. The first-order valence-electron chi connectivity index (χ1n) is 7.15. The number of allylic oxidation sites excluding steroid dienone is 2. The Bertz CT molecular complexity index is 507. The van der Waals surface area contributed by atoms with Gasteiger partial charge in [-0.1, -0.05) is 18.2 Å². The summed E-state index contributed by atoms with van der Waals surface area (Å²) in [4.78, 5) is 12.2. The van der Waals surface area contributed by atoms with Gasteiger partial charge >= 0.3 is 0 Å². The predicted molar refractivity (Wildman–Crippen MR) is 78.4 cm³/mol. The van der Waals surface area contributed by atoms with Crippen LogP contribution in [0.5, 0.6) is 0 Å². The standard InChI is InChI=1S/C16H20N2O/c19-16(13-5-2-1-3-6-13)18-14-9-8-12-7-4-10-17-15(12)11-14/h1-2,8-9,11,13,17H,3-7,10H2,(H,18,19). The van der Waals surface area contributed by atoms with Crippen LogP contribution in [0.4, 0.5) is 11.4 Å². The lowest BCUT2D eigenvalue weighted by Crippen LogP contribution is -2.23. The summed E-state index contributed by atoms with van der Waals surface area (Å²) in [6.45, 7) is 1.03. The molecule has 0 bridgehead atoms. The molecule has 0 spiro atoms. The molecule has 19 heavy (non-hydrogen) atoms. The fraction of sp³-hybridized carbons (Fsp3) is 0.438. The Kier molecular flexibility index (Phi) is 3.53. The summed E-state index contributed by atoms with van der Waals surface area (Å²) in [6.07, 6.45) is 9.44. The minimum Gasteiger partial charge on any atom is -0.385 e. The molecule has 1 unspecified atom stereocenters. The molecular formula is C16H20N2O. The third-order valence-corrected chi connectivity index (χ3v) is 3.96. The van der Waals surface area contributed by atoms with Crippen LogP contribution < -0.4 is 10.6 Å². The Labute approximate surface area is 114 Å². The van der Waals surface area contributed by atoms with Gasteiger partial charge in [0.1, 0.15) is 0 Å². The van der Waals surface area contributed by atoms with Crippen LogP contribution in [0.15, 0.2) is 30.4 Å². The molecule has 1 aliphatic heterocycles. The summed E-state index contributed by atoms with van der Waals surface area (Å²) < 4.78 is 0. The van der Waals surface area contributed by atoms with Crippen molar-refractivity contribution in [3.63, 3.8) is 0 Å². The van der Waals surface area contributed by atoms with E-state index in [1.807, 2.05) is 6.07 Å². The second-order valence-electron chi connectivity index (χ2n) is 5.37. The number of nitrogens with one attached hydrogen (secondary N) is 2. The highest BCUT2D eigenvalue weighted by Gasteiger charge is 2.19. The molecule has 100 valence electrons. The lowest BCUT2D eigenvalue weighted by atomic mass is 9.93. The van der Waals surface area contributed by atoms with E-state index in [1.54, 1.807) is 0 Å². The van der Waals surface area contributed by atoms with Crippen LogP contribution in [0, 0.1) is 5.92 Å². The van der Waals surface area contributed by atoms with Gasteiger partial charge in [-0.25, -0.2) is 0 Å². The van der Waals surface area contributed by atoms with E-state index in [0.717, 1.165) is 37.9 Å². The van der Waals surface area contributed by atoms with Gasteiger partial charge in [-0.2, -0.15) is 0 Å². The molecule has 1 amide bonds. The van der Waals surface area contributed by atoms with Crippen LogP contribution in [0.2, 0.25) is 0 Å². The normalized spacial score (nSPS) is 21.4. The molecule has 1 aromatic rings. The molecule has 2 aliphatic rings. The summed E-state index contributed by atoms with van der Waals surface area (Å²) in [5.74, 6) is 0.286. The van der Waals surface area contributed by atoms with Crippen LogP contribution in [0.1, 0.15) is 31.2 Å². The number of hydrogen-bond donors (Lipinski definition) is 2. The third kappa shape index (κ3) is 2.80. The summed E-state index contributed by atoms with van der Waals surface area (Å²) in [5.41, 5.74) is 3.44. The summed E-state index contributed by atoms with van der Waals surface area (Å²) in [5, 5.41) is 6.44. The average Bonchev–Trinajstić information content (AvgIpc) is 2.48. The fourth-order valence-corrected chi connectivity index (χ4v) is 2.81. The van der Waals surface area contributed by atoms with Crippen LogP contribution in [-0.4, -0.2) is 12.5 Å². The van der Waals surface area contributed by atoms with Crippen molar-refractivity contribution in [1.82, 2.24) is 0 Å². The van der Waals surface area contributed by atoms with E-state index in [4.69, 9.17) is 0 Å². The topological polar surface area (TPSA) is 41.1 Å². The van der Waals surface area contributed by atoms with Gasteiger partial charge in [0, 0.05) is 23.8 Å². The maximum Gasteiger partial charge on any atom is 0.227 e. The minimum atomic E-state index is 0.133. The molecule has 1 atom stereocenters. The molecule has 0 fully saturated rings. The van der Waals surface area contributed by atoms with Crippen molar-refractivity contribution in [3.05, 3.63) is 35.9 Å². The maximum atomic E-state index is 12.2. The number of hydrogen-bond acceptors (Lipinski definition) is 2. The quantitative estimate of drug-likeness (QED) is 0.797. The van der Waals surface area contributed by atoms with Crippen LogP contribution in [-0.2, 0) is 11.2 Å². The molecule has 3 heteroatoms. The highest BCUT2D eigenvalue weighted by molar-refractivity contribution is 5.93. The molecule has 0 radical (unpaired) electrons. The van der Waals surface area contributed by atoms with Crippen molar-refractivity contribution < 1.29 is 4.79 Å². The van der Waals surface area contributed by atoms with Crippen molar-refractivity contribution >= 4 is 17.3 Å². The second-order valence-corrected chi connectivity index (χ2v) is 5.37. The van der Waals surface area contributed by atoms with Gasteiger partial charge in [0.2, 0.25) is 5.91 Å². The van der Waals surface area contributed by atoms with Crippen LogP contribution in [0.25, 0.3) is 0 Å². The number of rotatable bonds is 2. The van der Waals surface area contributed by atoms with Crippen LogP contribution in [0.3, 0.4) is 0 Å². The van der Waals surface area contributed by atoms with Crippen molar-refractivity contribution in [1.29, 1.82) is 0 Å². The molecule has 1 aromatic carbocycles. The number of anilines is 2. The molecule has 0 saturated heterocycles. The van der Waals surface area contributed by atoms with Crippen molar-refractivity contribution in [2.45, 2.75) is 32.1 Å². The highest BCUT2D eigenvalue weighted by Crippen LogP contribution is 2.26. The molecule has 1 heterocycles. The number of aryl methyl sites for hydroxylation is 1. The van der Waals surface area contributed by atoms with Gasteiger partial charge in [0.25, 0.3) is 0 Å². The molecule has 0 saturated carbocycles. The monoisotopic (exact) mass is 256 g/mol. The molecular weight excluding hydrogens is 236 g/mol. The smallest absolute Gasteiger partial charge is 0.227 e. The average molecular weight is 256 g/mol. The van der Waals surface area contributed by atoms with Crippen molar-refractivity contribution in [2.75, 3.05) is 17.2 Å². The zero-order valence-electron chi connectivity index (χ0n) is 11.1. The third-order valence-electron chi connectivity index (χ3n) is 3.96. The van der Waals surface area contributed by atoms with Crippen molar-refractivity contribution in [3.8, 4) is 0 Å². The molecule has 3 rings (SSSR count). The van der Waals surface area contributed by atoms with E-state index in [1.165, 1.54) is 17.7 Å². The van der Waals surface area contributed by atoms with Gasteiger partial charge in [-0.15, -0.1) is 0 Å². The number of fused-ring (bicyclic) bond motifs is 1. The van der Waals surface area contributed by atoms with Gasteiger partial charge < -0.3 is 10.6 Å². The Morgan fingerprint density at radius 1 is 1.32 bits per heavy atom. The van der Waals surface area contributed by atoms with Crippen LogP contribution >= 0.6 is 0 Å².